The maximum absolute atomic E-state index is 14.7. The van der Waals surface area contributed by atoms with Crippen molar-refractivity contribution in [3.63, 3.8) is 0 Å². The lowest BCUT2D eigenvalue weighted by molar-refractivity contribution is 0.103. The SMILES string of the molecule is NS(=O)(=O)OCC1CC(F)C(Nc2ncncc2C(=O)c2ccn(Cc3sc4ccccc4c3Cl)c2)C1. The fourth-order valence-electron chi connectivity index (χ4n) is 4.51. The summed E-state index contributed by atoms with van der Waals surface area (Å²) in [6.45, 7) is 0.305. The van der Waals surface area contributed by atoms with Crippen molar-refractivity contribution >= 4 is 54.9 Å². The normalized spacial score (nSPS) is 19.9. The first-order valence-corrected chi connectivity index (χ1v) is 14.1. The Hall–Kier alpha value is -2.90. The average Bonchev–Trinajstić information content (AvgIpc) is 3.56. The number of hydrogen-bond acceptors (Lipinski definition) is 8. The van der Waals surface area contributed by atoms with Crippen LogP contribution in [0.25, 0.3) is 10.1 Å². The molecule has 194 valence electrons. The van der Waals surface area contributed by atoms with Crippen molar-refractivity contribution in [2.75, 3.05) is 11.9 Å². The fourth-order valence-corrected chi connectivity index (χ4v) is 6.39. The van der Waals surface area contributed by atoms with Gasteiger partial charge in [-0.2, -0.15) is 8.42 Å². The van der Waals surface area contributed by atoms with Gasteiger partial charge in [-0.25, -0.2) is 19.5 Å². The van der Waals surface area contributed by atoms with Crippen LogP contribution >= 0.6 is 22.9 Å². The van der Waals surface area contributed by atoms with E-state index in [-0.39, 0.29) is 36.1 Å². The maximum atomic E-state index is 14.7. The summed E-state index contributed by atoms with van der Waals surface area (Å²) in [5, 5.41) is 9.57. The molecule has 3 N–H and O–H groups in total. The molecule has 1 saturated carbocycles. The van der Waals surface area contributed by atoms with Crippen molar-refractivity contribution in [2.24, 2.45) is 11.1 Å². The molecule has 0 aliphatic heterocycles. The molecule has 37 heavy (non-hydrogen) atoms. The van der Waals surface area contributed by atoms with Crippen molar-refractivity contribution in [2.45, 2.75) is 31.6 Å². The minimum Gasteiger partial charge on any atom is -0.364 e. The van der Waals surface area contributed by atoms with Crippen LogP contribution in [-0.2, 0) is 21.0 Å². The molecule has 3 aromatic heterocycles. The van der Waals surface area contributed by atoms with Crippen LogP contribution in [-0.4, -0.2) is 47.6 Å². The number of ketones is 1. The summed E-state index contributed by atoms with van der Waals surface area (Å²) in [6.07, 6.45) is 5.31. The largest absolute Gasteiger partial charge is 0.364 e. The minimum absolute atomic E-state index is 0.102. The van der Waals surface area contributed by atoms with E-state index in [9.17, 15) is 17.6 Å². The molecule has 9 nitrogen and oxygen atoms in total. The van der Waals surface area contributed by atoms with Crippen molar-refractivity contribution in [3.05, 3.63) is 76.3 Å². The Kier molecular flexibility index (Phi) is 7.28. The van der Waals surface area contributed by atoms with Crippen LogP contribution in [0.1, 0.15) is 33.6 Å². The molecule has 5 rings (SSSR count). The molecule has 0 amide bonds. The lowest BCUT2D eigenvalue weighted by Gasteiger charge is -2.17. The highest BCUT2D eigenvalue weighted by Crippen LogP contribution is 2.36. The molecule has 3 heterocycles. The topological polar surface area (TPSA) is 129 Å². The van der Waals surface area contributed by atoms with Crippen molar-refractivity contribution in [1.29, 1.82) is 0 Å². The van der Waals surface area contributed by atoms with E-state index in [0.29, 0.717) is 23.6 Å². The summed E-state index contributed by atoms with van der Waals surface area (Å²) in [5.41, 5.74) is 0.634. The first-order chi connectivity index (χ1) is 17.7. The molecule has 3 atom stereocenters. The maximum Gasteiger partial charge on any atom is 0.333 e. The molecule has 3 unspecified atom stereocenters. The molecule has 13 heteroatoms. The fraction of sp³-hybridized carbons (Fsp3) is 0.292. The van der Waals surface area contributed by atoms with Crippen LogP contribution in [0, 0.1) is 5.92 Å². The van der Waals surface area contributed by atoms with E-state index in [1.807, 2.05) is 28.8 Å². The van der Waals surface area contributed by atoms with Gasteiger partial charge in [0.15, 0.2) is 5.78 Å². The van der Waals surface area contributed by atoms with Crippen molar-refractivity contribution in [1.82, 2.24) is 14.5 Å². The predicted octanol–water partition coefficient (Wildman–Crippen LogP) is 4.17. The first-order valence-electron chi connectivity index (χ1n) is 11.4. The number of nitrogens with one attached hydrogen (secondary N) is 1. The zero-order chi connectivity index (χ0) is 26.2. The third-order valence-electron chi connectivity index (χ3n) is 6.27. The number of anilines is 1. The van der Waals surface area contributed by atoms with Crippen LogP contribution in [0.2, 0.25) is 5.02 Å². The molecule has 0 spiro atoms. The van der Waals surface area contributed by atoms with Gasteiger partial charge in [0.25, 0.3) is 0 Å². The van der Waals surface area contributed by atoms with E-state index in [1.165, 1.54) is 12.5 Å². The molecule has 1 aromatic carbocycles. The van der Waals surface area contributed by atoms with Gasteiger partial charge >= 0.3 is 10.3 Å². The van der Waals surface area contributed by atoms with Gasteiger partial charge in [-0.3, -0.25) is 8.98 Å². The second kappa shape index (κ2) is 10.5. The van der Waals surface area contributed by atoms with E-state index in [2.05, 4.69) is 19.5 Å². The lowest BCUT2D eigenvalue weighted by atomic mass is 10.1. The number of hydrogen-bond donors (Lipinski definition) is 2. The molecule has 0 radical (unpaired) electrons. The summed E-state index contributed by atoms with van der Waals surface area (Å²) in [4.78, 5) is 22.5. The third kappa shape index (κ3) is 5.83. The van der Waals surface area contributed by atoms with Crippen LogP contribution in [0.15, 0.2) is 55.2 Å². The summed E-state index contributed by atoms with van der Waals surface area (Å²) in [6, 6.07) is 8.94. The van der Waals surface area contributed by atoms with Gasteiger partial charge in [-0.05, 0) is 30.9 Å². The number of fused-ring (bicyclic) bond motifs is 1. The Morgan fingerprint density at radius 1 is 1.30 bits per heavy atom. The highest BCUT2D eigenvalue weighted by molar-refractivity contribution is 7.84. The van der Waals surface area contributed by atoms with Gasteiger partial charge in [0, 0.05) is 39.1 Å². The summed E-state index contributed by atoms with van der Waals surface area (Å²) in [5.74, 6) is -0.450. The number of carbonyl (C=O) groups excluding carboxylic acids is 1. The second-order valence-electron chi connectivity index (χ2n) is 8.90. The van der Waals surface area contributed by atoms with Gasteiger partial charge < -0.3 is 9.88 Å². The van der Waals surface area contributed by atoms with Gasteiger partial charge in [-0.15, -0.1) is 11.3 Å². The monoisotopic (exact) mass is 563 g/mol. The highest BCUT2D eigenvalue weighted by atomic mass is 35.5. The molecule has 0 bridgehead atoms. The number of nitrogens with two attached hydrogens (primary N) is 1. The van der Waals surface area contributed by atoms with Gasteiger partial charge in [0.1, 0.15) is 18.3 Å². The van der Waals surface area contributed by atoms with Crippen LogP contribution in [0.4, 0.5) is 10.2 Å². The number of rotatable bonds is 9. The average molecular weight is 564 g/mol. The standard InChI is InChI=1S/C24H23ClFN5O4S2/c25-22-16-3-1-2-4-20(16)36-21(22)11-31-6-5-15(10-31)23(32)17-9-28-13-29-24(17)30-19-8-14(7-18(19)26)12-35-37(27,33)34/h1-6,9-10,13-14,18-19H,7-8,11-12H2,(H2,27,33,34)(H,28,29,30). The summed E-state index contributed by atoms with van der Waals surface area (Å²) >= 11 is 8.17. The summed E-state index contributed by atoms with van der Waals surface area (Å²) in [7, 11) is -4.10. The Bertz CT molecular complexity index is 1560. The predicted molar refractivity (Wildman–Crippen MR) is 140 cm³/mol. The van der Waals surface area contributed by atoms with Crippen molar-refractivity contribution < 1.29 is 21.8 Å². The second-order valence-corrected chi connectivity index (χ2v) is 11.6. The number of thiophene rings is 1. The van der Waals surface area contributed by atoms with E-state index in [0.717, 1.165) is 15.0 Å². The molecule has 1 aliphatic rings. The van der Waals surface area contributed by atoms with Crippen molar-refractivity contribution in [3.8, 4) is 0 Å². The molecular weight excluding hydrogens is 541 g/mol. The van der Waals surface area contributed by atoms with Gasteiger partial charge in [0.05, 0.1) is 29.8 Å². The zero-order valence-electron chi connectivity index (χ0n) is 19.4. The Labute approximate surface area is 221 Å². The number of alkyl halides is 1. The number of benzene rings is 1. The van der Waals surface area contributed by atoms with Crippen LogP contribution in [0.3, 0.4) is 0 Å². The third-order valence-corrected chi connectivity index (χ3v) is 8.43. The van der Waals surface area contributed by atoms with Gasteiger partial charge in [0.2, 0.25) is 0 Å². The number of aromatic nitrogens is 3. The minimum atomic E-state index is -4.10. The van der Waals surface area contributed by atoms with Crippen LogP contribution < -0.4 is 10.5 Å². The Morgan fingerprint density at radius 2 is 2.11 bits per heavy atom. The lowest BCUT2D eigenvalue weighted by Crippen LogP contribution is -2.27. The first kappa shape index (κ1) is 25.7. The van der Waals surface area contributed by atoms with Gasteiger partial charge in [-0.1, -0.05) is 29.8 Å². The van der Waals surface area contributed by atoms with Crippen LogP contribution in [0.5, 0.6) is 0 Å². The Balaban J connectivity index is 1.29. The highest BCUT2D eigenvalue weighted by Gasteiger charge is 2.36. The summed E-state index contributed by atoms with van der Waals surface area (Å²) < 4.78 is 44.4. The molecule has 0 saturated heterocycles. The quantitative estimate of drug-likeness (QED) is 0.292. The molecule has 4 aromatic rings. The van der Waals surface area contributed by atoms with E-state index in [4.69, 9.17) is 16.7 Å². The number of halogens is 2. The number of carbonyl (C=O) groups is 1. The van der Waals surface area contributed by atoms with E-state index >= 15 is 0 Å². The zero-order valence-corrected chi connectivity index (χ0v) is 21.8. The molecular formula is C24H23ClFN5O4S2. The van der Waals surface area contributed by atoms with E-state index in [1.54, 1.807) is 29.8 Å². The van der Waals surface area contributed by atoms with E-state index < -0.39 is 22.5 Å². The smallest absolute Gasteiger partial charge is 0.333 e. The Morgan fingerprint density at radius 3 is 2.89 bits per heavy atom. The number of nitrogens with zero attached hydrogens (tertiary/aromatic N) is 3. The molecule has 1 fully saturated rings. The molecule has 1 aliphatic carbocycles.